The highest BCUT2D eigenvalue weighted by molar-refractivity contribution is 5.95. The summed E-state index contributed by atoms with van der Waals surface area (Å²) in [6.07, 6.45) is 4.30. The molecule has 1 aromatic heterocycles. The molecule has 8 heteroatoms. The van der Waals surface area contributed by atoms with Gasteiger partial charge in [0.15, 0.2) is 11.4 Å². The minimum absolute atomic E-state index is 0. The Morgan fingerprint density at radius 1 is 1.31 bits per heavy atom. The molecule has 1 aromatic carbocycles. The van der Waals surface area contributed by atoms with Crippen LogP contribution in [-0.2, 0) is 0 Å². The Balaban J connectivity index is 0.00000196. The van der Waals surface area contributed by atoms with Crippen LogP contribution in [0.15, 0.2) is 24.4 Å². The summed E-state index contributed by atoms with van der Waals surface area (Å²) >= 11 is 0. The van der Waals surface area contributed by atoms with E-state index in [1.165, 1.54) is 23.0 Å². The predicted octanol–water partition coefficient (Wildman–Crippen LogP) is 2.41. The number of aromatic nitrogens is 2. The van der Waals surface area contributed by atoms with E-state index in [0.29, 0.717) is 11.3 Å². The maximum Gasteiger partial charge on any atom is 0.278 e. The summed E-state index contributed by atoms with van der Waals surface area (Å²) in [5, 5.41) is 17.9. The summed E-state index contributed by atoms with van der Waals surface area (Å²) < 4.78 is 14.7. The number of halogens is 2. The average molecular weight is 381 g/mol. The monoisotopic (exact) mass is 380 g/mol. The summed E-state index contributed by atoms with van der Waals surface area (Å²) in [5.74, 6) is -0.708. The van der Waals surface area contributed by atoms with Crippen molar-refractivity contribution in [2.75, 3.05) is 13.1 Å². The third kappa shape index (κ3) is 3.17. The van der Waals surface area contributed by atoms with Gasteiger partial charge in [-0.25, -0.2) is 9.07 Å². The highest BCUT2D eigenvalue weighted by Crippen LogP contribution is 2.31. The zero-order valence-corrected chi connectivity index (χ0v) is 15.3. The molecule has 0 spiro atoms. The molecule has 2 bridgehead atoms. The zero-order chi connectivity index (χ0) is 17.6. The quantitative estimate of drug-likeness (QED) is 0.839. The molecule has 0 saturated carbocycles. The van der Waals surface area contributed by atoms with Crippen molar-refractivity contribution in [3.05, 3.63) is 41.5 Å². The summed E-state index contributed by atoms with van der Waals surface area (Å²) in [7, 11) is 0. The molecule has 1 amide bonds. The SMILES string of the molecule is Cc1cc(F)ccc1-n1cc(O)c(C(=O)N2C3CCNCC2CC3)n1.Cl. The highest BCUT2D eigenvalue weighted by atomic mass is 35.5. The fraction of sp³-hybridized carbons (Fsp3) is 0.444. The molecule has 0 radical (unpaired) electrons. The number of rotatable bonds is 2. The number of nitrogens with one attached hydrogen (secondary N) is 1. The van der Waals surface area contributed by atoms with Gasteiger partial charge in [-0.15, -0.1) is 12.4 Å². The van der Waals surface area contributed by atoms with Gasteiger partial charge in [0.1, 0.15) is 5.82 Å². The standard InChI is InChI=1S/C18H21FN4O2.ClH/c1-11-8-12(19)2-5-15(11)22-10-16(24)17(21-22)18(25)23-13-3-4-14(23)9-20-7-6-13;/h2,5,8,10,13-14,20,24H,3-4,6-7,9H2,1H3;1H. The summed E-state index contributed by atoms with van der Waals surface area (Å²) in [6.45, 7) is 3.44. The molecule has 2 saturated heterocycles. The first-order chi connectivity index (χ1) is 12.0. The van der Waals surface area contributed by atoms with Crippen molar-refractivity contribution in [2.45, 2.75) is 38.3 Å². The molecular weight excluding hydrogens is 359 g/mol. The number of aryl methyl sites for hydroxylation is 1. The second-order valence-electron chi connectivity index (χ2n) is 6.83. The molecule has 2 atom stereocenters. The van der Waals surface area contributed by atoms with E-state index in [1.807, 2.05) is 4.90 Å². The lowest BCUT2D eigenvalue weighted by Crippen LogP contribution is -2.42. The Morgan fingerprint density at radius 2 is 2.08 bits per heavy atom. The second-order valence-corrected chi connectivity index (χ2v) is 6.83. The molecule has 2 unspecified atom stereocenters. The molecule has 2 aliphatic heterocycles. The first-order valence-corrected chi connectivity index (χ1v) is 8.63. The van der Waals surface area contributed by atoms with Crippen LogP contribution in [0, 0.1) is 12.7 Å². The van der Waals surface area contributed by atoms with Crippen LogP contribution in [0.4, 0.5) is 4.39 Å². The van der Waals surface area contributed by atoms with Crippen LogP contribution in [0.2, 0.25) is 0 Å². The smallest absolute Gasteiger partial charge is 0.278 e. The van der Waals surface area contributed by atoms with Crippen LogP contribution in [0.3, 0.4) is 0 Å². The van der Waals surface area contributed by atoms with E-state index in [1.54, 1.807) is 13.0 Å². The summed E-state index contributed by atoms with van der Waals surface area (Å²) in [5.41, 5.74) is 1.37. The van der Waals surface area contributed by atoms with Crippen molar-refractivity contribution in [3.63, 3.8) is 0 Å². The number of benzene rings is 1. The first kappa shape index (κ1) is 18.7. The molecule has 6 nitrogen and oxygen atoms in total. The maximum absolute atomic E-state index is 13.3. The number of carbonyl (C=O) groups is 1. The molecule has 3 heterocycles. The van der Waals surface area contributed by atoms with E-state index in [9.17, 15) is 14.3 Å². The Morgan fingerprint density at radius 3 is 2.85 bits per heavy atom. The number of amides is 1. The lowest BCUT2D eigenvalue weighted by atomic mass is 10.1. The van der Waals surface area contributed by atoms with Crippen molar-refractivity contribution in [1.82, 2.24) is 20.0 Å². The normalized spacial score (nSPS) is 22.0. The van der Waals surface area contributed by atoms with E-state index < -0.39 is 0 Å². The van der Waals surface area contributed by atoms with Gasteiger partial charge >= 0.3 is 0 Å². The molecular formula is C18H22ClFN4O2. The molecule has 140 valence electrons. The van der Waals surface area contributed by atoms with E-state index in [0.717, 1.165) is 32.4 Å². The van der Waals surface area contributed by atoms with Gasteiger partial charge in [0.25, 0.3) is 5.91 Å². The highest BCUT2D eigenvalue weighted by Gasteiger charge is 2.40. The second kappa shape index (κ2) is 7.25. The average Bonchev–Trinajstić information content (AvgIpc) is 3.05. The van der Waals surface area contributed by atoms with Crippen LogP contribution in [0.1, 0.15) is 35.3 Å². The summed E-state index contributed by atoms with van der Waals surface area (Å²) in [4.78, 5) is 14.9. The molecule has 26 heavy (non-hydrogen) atoms. The van der Waals surface area contributed by atoms with Crippen LogP contribution in [0.25, 0.3) is 5.69 Å². The lowest BCUT2D eigenvalue weighted by molar-refractivity contribution is 0.0670. The van der Waals surface area contributed by atoms with Gasteiger partial charge in [-0.3, -0.25) is 4.79 Å². The van der Waals surface area contributed by atoms with Crippen molar-refractivity contribution >= 4 is 18.3 Å². The Labute approximate surface area is 157 Å². The number of nitrogens with zero attached hydrogens (tertiary/aromatic N) is 3. The maximum atomic E-state index is 13.3. The van der Waals surface area contributed by atoms with Gasteiger partial charge in [0.05, 0.1) is 11.9 Å². The van der Waals surface area contributed by atoms with E-state index >= 15 is 0 Å². The van der Waals surface area contributed by atoms with Crippen LogP contribution in [-0.4, -0.2) is 50.9 Å². The largest absolute Gasteiger partial charge is 0.504 e. The van der Waals surface area contributed by atoms with Crippen molar-refractivity contribution in [2.24, 2.45) is 0 Å². The predicted molar refractivity (Wildman–Crippen MR) is 97.6 cm³/mol. The first-order valence-electron chi connectivity index (χ1n) is 8.63. The van der Waals surface area contributed by atoms with Gasteiger partial charge in [-0.2, -0.15) is 5.10 Å². The molecule has 4 rings (SSSR count). The summed E-state index contributed by atoms with van der Waals surface area (Å²) in [6, 6.07) is 4.67. The molecule has 2 fully saturated rings. The number of hydrogen-bond donors (Lipinski definition) is 2. The third-order valence-electron chi connectivity index (χ3n) is 5.19. The Bertz CT molecular complexity index is 812. The van der Waals surface area contributed by atoms with Crippen molar-refractivity contribution in [1.29, 1.82) is 0 Å². The van der Waals surface area contributed by atoms with Crippen LogP contribution < -0.4 is 5.32 Å². The van der Waals surface area contributed by atoms with Gasteiger partial charge in [-0.05, 0) is 56.5 Å². The van der Waals surface area contributed by atoms with E-state index in [-0.39, 0.29) is 47.7 Å². The fourth-order valence-corrected chi connectivity index (χ4v) is 3.95. The van der Waals surface area contributed by atoms with E-state index in [4.69, 9.17) is 0 Å². The van der Waals surface area contributed by atoms with Crippen LogP contribution >= 0.6 is 12.4 Å². The number of carbonyl (C=O) groups excluding carboxylic acids is 1. The molecule has 2 aromatic rings. The minimum Gasteiger partial charge on any atom is -0.504 e. The third-order valence-corrected chi connectivity index (χ3v) is 5.19. The van der Waals surface area contributed by atoms with Gasteiger partial charge in [0.2, 0.25) is 0 Å². The fourth-order valence-electron chi connectivity index (χ4n) is 3.95. The molecule has 2 N–H and O–H groups in total. The zero-order valence-electron chi connectivity index (χ0n) is 14.5. The van der Waals surface area contributed by atoms with E-state index in [2.05, 4.69) is 10.4 Å². The topological polar surface area (TPSA) is 70.4 Å². The number of aromatic hydroxyl groups is 1. The van der Waals surface area contributed by atoms with Crippen molar-refractivity contribution < 1.29 is 14.3 Å². The van der Waals surface area contributed by atoms with Gasteiger partial charge in [-0.1, -0.05) is 0 Å². The van der Waals surface area contributed by atoms with Gasteiger partial charge < -0.3 is 15.3 Å². The van der Waals surface area contributed by atoms with Crippen LogP contribution in [0.5, 0.6) is 5.75 Å². The number of hydrogen-bond acceptors (Lipinski definition) is 4. The Hall–Kier alpha value is -2.12. The van der Waals surface area contributed by atoms with Gasteiger partial charge in [0, 0.05) is 18.6 Å². The number of fused-ring (bicyclic) bond motifs is 2. The Kier molecular flexibility index (Phi) is 5.20. The van der Waals surface area contributed by atoms with Crippen molar-refractivity contribution in [3.8, 4) is 11.4 Å². The lowest BCUT2D eigenvalue weighted by Gasteiger charge is -2.27. The molecule has 0 aliphatic carbocycles. The molecule has 2 aliphatic rings. The minimum atomic E-state index is -0.331.